The minimum atomic E-state index is -0.641. The second-order valence-electron chi connectivity index (χ2n) is 6.28. The van der Waals surface area contributed by atoms with Crippen LogP contribution in [0.5, 0.6) is 5.75 Å². The fourth-order valence-corrected chi connectivity index (χ4v) is 4.34. The Kier molecular flexibility index (Phi) is 8.05. The van der Waals surface area contributed by atoms with Gasteiger partial charge in [-0.15, -0.1) is 0 Å². The quantitative estimate of drug-likeness (QED) is 0.317. The number of imide groups is 1. The Morgan fingerprint density at radius 2 is 1.97 bits per heavy atom. The molecular weight excluding hydrogens is 529 g/mol. The van der Waals surface area contributed by atoms with E-state index in [9.17, 15) is 14.4 Å². The van der Waals surface area contributed by atoms with E-state index in [-0.39, 0.29) is 18.1 Å². The number of benzene rings is 2. The molecule has 0 bridgehead atoms. The topological polar surface area (TPSA) is 72.9 Å². The number of nitrogens with zero attached hydrogens (tertiary/aromatic N) is 1. The fraction of sp³-hybridized carbons (Fsp3) is 0.190. The minimum Gasteiger partial charge on any atom is -0.488 e. The largest absolute Gasteiger partial charge is 0.488 e. The molecular formula is C21H16BrCl2NO5S. The van der Waals surface area contributed by atoms with Crippen LogP contribution in [0.1, 0.15) is 18.1 Å². The molecule has 1 saturated heterocycles. The Morgan fingerprint density at radius 3 is 2.68 bits per heavy atom. The zero-order valence-electron chi connectivity index (χ0n) is 16.2. The molecule has 10 heteroatoms. The Bertz CT molecular complexity index is 1080. The number of halogens is 3. The zero-order valence-corrected chi connectivity index (χ0v) is 20.1. The summed E-state index contributed by atoms with van der Waals surface area (Å²) < 4.78 is 11.5. The molecule has 0 atom stereocenters. The van der Waals surface area contributed by atoms with Crippen molar-refractivity contribution in [1.29, 1.82) is 0 Å². The Morgan fingerprint density at radius 1 is 1.19 bits per heavy atom. The highest BCUT2D eigenvalue weighted by molar-refractivity contribution is 9.10. The molecule has 0 spiro atoms. The van der Waals surface area contributed by atoms with E-state index in [0.717, 1.165) is 26.7 Å². The standard InChI is InChI=1S/C21H16BrCl2NO5S/c1-2-29-19(26)10-25-20(27)18(31-21(25)28)8-13-7-14(22)4-6-17(13)30-11-12-3-5-15(23)9-16(12)24/h3-9H,2,10-11H2,1H3/b18-8+. The van der Waals surface area contributed by atoms with Gasteiger partial charge in [-0.25, -0.2) is 0 Å². The molecule has 6 nitrogen and oxygen atoms in total. The lowest BCUT2D eigenvalue weighted by Gasteiger charge is -2.12. The molecule has 1 aliphatic heterocycles. The first-order chi connectivity index (χ1) is 14.8. The average molecular weight is 545 g/mol. The molecule has 31 heavy (non-hydrogen) atoms. The third-order valence-corrected chi connectivity index (χ3v) is 6.11. The number of hydrogen-bond acceptors (Lipinski definition) is 6. The number of carbonyl (C=O) groups excluding carboxylic acids is 3. The van der Waals surface area contributed by atoms with Gasteiger partial charge in [-0.1, -0.05) is 45.2 Å². The summed E-state index contributed by atoms with van der Waals surface area (Å²) in [6, 6.07) is 10.4. The molecule has 0 aliphatic carbocycles. The monoisotopic (exact) mass is 543 g/mol. The van der Waals surface area contributed by atoms with Crippen molar-refractivity contribution < 1.29 is 23.9 Å². The van der Waals surface area contributed by atoms with Crippen molar-refractivity contribution in [3.8, 4) is 5.75 Å². The number of rotatable bonds is 7. The van der Waals surface area contributed by atoms with E-state index in [4.69, 9.17) is 32.7 Å². The first-order valence-electron chi connectivity index (χ1n) is 9.05. The summed E-state index contributed by atoms with van der Waals surface area (Å²) in [5.74, 6) is -0.710. The summed E-state index contributed by atoms with van der Waals surface area (Å²) in [6.45, 7) is 1.58. The van der Waals surface area contributed by atoms with Gasteiger partial charge in [0.25, 0.3) is 11.1 Å². The van der Waals surface area contributed by atoms with Crippen LogP contribution in [0.15, 0.2) is 45.8 Å². The Hall–Kier alpha value is -2.00. The maximum absolute atomic E-state index is 12.6. The van der Waals surface area contributed by atoms with E-state index in [2.05, 4.69) is 15.9 Å². The van der Waals surface area contributed by atoms with Crippen molar-refractivity contribution in [2.45, 2.75) is 13.5 Å². The van der Waals surface area contributed by atoms with Gasteiger partial charge in [-0.2, -0.15) is 0 Å². The smallest absolute Gasteiger partial charge is 0.326 e. The van der Waals surface area contributed by atoms with Gasteiger partial charge in [-0.3, -0.25) is 19.3 Å². The lowest BCUT2D eigenvalue weighted by atomic mass is 10.1. The van der Waals surface area contributed by atoms with Crippen molar-refractivity contribution in [3.63, 3.8) is 0 Å². The third-order valence-electron chi connectivity index (χ3n) is 4.12. The van der Waals surface area contributed by atoms with Crippen LogP contribution in [0.4, 0.5) is 4.79 Å². The first-order valence-corrected chi connectivity index (χ1v) is 11.4. The number of ether oxygens (including phenoxy) is 2. The predicted molar refractivity (Wildman–Crippen MR) is 124 cm³/mol. The maximum Gasteiger partial charge on any atom is 0.326 e. The van der Waals surface area contributed by atoms with Crippen molar-refractivity contribution in [2.24, 2.45) is 0 Å². The van der Waals surface area contributed by atoms with E-state index in [0.29, 0.717) is 21.4 Å². The van der Waals surface area contributed by atoms with Crippen LogP contribution in [0, 0.1) is 0 Å². The van der Waals surface area contributed by atoms with Crippen LogP contribution in [-0.4, -0.2) is 35.2 Å². The van der Waals surface area contributed by atoms with Crippen LogP contribution in [0.3, 0.4) is 0 Å². The third kappa shape index (κ3) is 6.04. The highest BCUT2D eigenvalue weighted by Crippen LogP contribution is 2.35. The Labute approximate surface area is 201 Å². The fourth-order valence-electron chi connectivity index (χ4n) is 2.67. The molecule has 0 aromatic heterocycles. The summed E-state index contributed by atoms with van der Waals surface area (Å²) >= 11 is 16.3. The normalized spacial score (nSPS) is 15.0. The van der Waals surface area contributed by atoms with E-state index >= 15 is 0 Å². The molecule has 162 valence electrons. The molecule has 2 amide bonds. The van der Waals surface area contributed by atoms with Gasteiger partial charge in [-0.05, 0) is 55.1 Å². The predicted octanol–water partition coefficient (Wildman–Crippen LogP) is 5.93. The molecule has 0 saturated carbocycles. The summed E-state index contributed by atoms with van der Waals surface area (Å²) in [5, 5.41) is 0.470. The van der Waals surface area contributed by atoms with E-state index in [1.807, 2.05) is 0 Å². The molecule has 0 unspecified atom stereocenters. The van der Waals surface area contributed by atoms with Crippen LogP contribution < -0.4 is 4.74 Å². The van der Waals surface area contributed by atoms with E-state index < -0.39 is 23.7 Å². The van der Waals surface area contributed by atoms with Crippen molar-refractivity contribution in [2.75, 3.05) is 13.2 Å². The SMILES string of the molecule is CCOC(=O)CN1C(=O)S/C(=C/c2cc(Br)ccc2OCc2ccc(Cl)cc2Cl)C1=O. The molecule has 1 aliphatic rings. The molecule has 0 radical (unpaired) electrons. The second kappa shape index (κ2) is 10.5. The second-order valence-corrected chi connectivity index (χ2v) is 9.03. The molecule has 3 rings (SSSR count). The van der Waals surface area contributed by atoms with Crippen LogP contribution in [0.2, 0.25) is 10.0 Å². The molecule has 1 heterocycles. The molecule has 2 aromatic carbocycles. The summed E-state index contributed by atoms with van der Waals surface area (Å²) in [5.41, 5.74) is 1.33. The van der Waals surface area contributed by atoms with Crippen molar-refractivity contribution >= 4 is 74.1 Å². The number of carbonyl (C=O) groups is 3. The number of hydrogen-bond donors (Lipinski definition) is 0. The van der Waals surface area contributed by atoms with Gasteiger partial charge in [0.1, 0.15) is 18.9 Å². The summed E-state index contributed by atoms with van der Waals surface area (Å²) in [4.78, 5) is 37.6. The van der Waals surface area contributed by atoms with Crippen LogP contribution >= 0.6 is 50.9 Å². The molecule has 2 aromatic rings. The van der Waals surface area contributed by atoms with Crippen LogP contribution in [-0.2, 0) is 20.9 Å². The van der Waals surface area contributed by atoms with Crippen LogP contribution in [0.25, 0.3) is 6.08 Å². The Balaban J connectivity index is 1.81. The lowest BCUT2D eigenvalue weighted by Crippen LogP contribution is -2.34. The van der Waals surface area contributed by atoms with Gasteiger partial charge in [0, 0.05) is 25.6 Å². The van der Waals surface area contributed by atoms with Gasteiger partial charge in [0.05, 0.1) is 11.5 Å². The number of thioether (sulfide) groups is 1. The van der Waals surface area contributed by atoms with E-state index in [1.165, 1.54) is 0 Å². The van der Waals surface area contributed by atoms with Gasteiger partial charge >= 0.3 is 5.97 Å². The zero-order chi connectivity index (χ0) is 22.5. The van der Waals surface area contributed by atoms with Gasteiger partial charge < -0.3 is 9.47 Å². The summed E-state index contributed by atoms with van der Waals surface area (Å²) in [6.07, 6.45) is 1.56. The minimum absolute atomic E-state index is 0.168. The van der Waals surface area contributed by atoms with E-state index in [1.54, 1.807) is 49.4 Å². The first kappa shape index (κ1) is 23.7. The van der Waals surface area contributed by atoms with Crippen molar-refractivity contribution in [3.05, 3.63) is 66.9 Å². The number of esters is 1. The number of amides is 2. The van der Waals surface area contributed by atoms with Gasteiger partial charge in [0.2, 0.25) is 0 Å². The maximum atomic E-state index is 12.6. The average Bonchev–Trinajstić information content (AvgIpc) is 2.96. The van der Waals surface area contributed by atoms with Crippen molar-refractivity contribution in [1.82, 2.24) is 4.90 Å². The molecule has 0 N–H and O–H groups in total. The summed E-state index contributed by atoms with van der Waals surface area (Å²) in [7, 11) is 0. The highest BCUT2D eigenvalue weighted by Gasteiger charge is 2.36. The van der Waals surface area contributed by atoms with Gasteiger partial charge in [0.15, 0.2) is 0 Å². The lowest BCUT2D eigenvalue weighted by molar-refractivity contribution is -0.145. The highest BCUT2D eigenvalue weighted by atomic mass is 79.9. The molecule has 1 fully saturated rings.